The topological polar surface area (TPSA) is 59.8 Å². The van der Waals surface area contributed by atoms with Crippen LogP contribution in [0.2, 0.25) is 0 Å². The van der Waals surface area contributed by atoms with Crippen LogP contribution >= 0.6 is 0 Å². The Morgan fingerprint density at radius 1 is 1.71 bits per heavy atom. The first-order chi connectivity index (χ1) is 6.66. The summed E-state index contributed by atoms with van der Waals surface area (Å²) in [4.78, 5) is 11.6. The van der Waals surface area contributed by atoms with E-state index >= 15 is 0 Å². The minimum Gasteiger partial charge on any atom is -0.329 e. The van der Waals surface area contributed by atoms with E-state index in [9.17, 15) is 4.79 Å². The minimum absolute atomic E-state index is 0.0499. The smallest absolute Gasteiger partial charge is 0.249 e. The van der Waals surface area contributed by atoms with Gasteiger partial charge < -0.3 is 5.32 Å². The van der Waals surface area contributed by atoms with Crippen molar-refractivity contribution in [2.45, 2.75) is 25.8 Å². The van der Waals surface area contributed by atoms with Crippen molar-refractivity contribution in [3.63, 3.8) is 0 Å². The van der Waals surface area contributed by atoms with Gasteiger partial charge in [-0.15, -0.1) is 5.10 Å². The SMILES string of the molecule is C=C1CCC(n2cc(C)nn2)C(=O)N1. The van der Waals surface area contributed by atoms with Gasteiger partial charge in [0.05, 0.1) is 5.69 Å². The molecule has 1 unspecified atom stereocenters. The number of aryl methyl sites for hydroxylation is 1. The molecule has 5 heteroatoms. The van der Waals surface area contributed by atoms with Crippen molar-refractivity contribution in [2.75, 3.05) is 0 Å². The molecule has 1 aromatic heterocycles. The van der Waals surface area contributed by atoms with E-state index < -0.39 is 0 Å². The molecule has 1 atom stereocenters. The van der Waals surface area contributed by atoms with Crippen molar-refractivity contribution >= 4 is 5.91 Å². The number of amides is 1. The molecule has 5 nitrogen and oxygen atoms in total. The lowest BCUT2D eigenvalue weighted by Crippen LogP contribution is -2.36. The van der Waals surface area contributed by atoms with Crippen LogP contribution in [0, 0.1) is 6.92 Å². The number of nitrogens with one attached hydrogen (secondary N) is 1. The van der Waals surface area contributed by atoms with Crippen molar-refractivity contribution in [2.24, 2.45) is 0 Å². The van der Waals surface area contributed by atoms with Crippen molar-refractivity contribution in [3.8, 4) is 0 Å². The van der Waals surface area contributed by atoms with Gasteiger partial charge in [-0.3, -0.25) is 4.79 Å². The first-order valence-electron chi connectivity index (χ1n) is 4.54. The van der Waals surface area contributed by atoms with Crippen LogP contribution in [0.1, 0.15) is 24.6 Å². The van der Waals surface area contributed by atoms with Crippen LogP contribution in [0.25, 0.3) is 0 Å². The molecule has 0 radical (unpaired) electrons. The maximum Gasteiger partial charge on any atom is 0.249 e. The van der Waals surface area contributed by atoms with Crippen LogP contribution in [0.15, 0.2) is 18.5 Å². The lowest BCUT2D eigenvalue weighted by atomic mass is 10.1. The van der Waals surface area contributed by atoms with E-state index in [0.717, 1.165) is 24.2 Å². The summed E-state index contributed by atoms with van der Waals surface area (Å²) in [7, 11) is 0. The third-order valence-corrected chi connectivity index (χ3v) is 2.27. The molecule has 0 spiro atoms. The van der Waals surface area contributed by atoms with Crippen LogP contribution in [-0.2, 0) is 4.79 Å². The Morgan fingerprint density at radius 2 is 2.50 bits per heavy atom. The largest absolute Gasteiger partial charge is 0.329 e. The zero-order valence-corrected chi connectivity index (χ0v) is 8.03. The van der Waals surface area contributed by atoms with Crippen LogP contribution in [0.4, 0.5) is 0 Å². The maximum absolute atomic E-state index is 11.6. The quantitative estimate of drug-likeness (QED) is 0.707. The van der Waals surface area contributed by atoms with E-state index in [1.165, 1.54) is 0 Å². The third kappa shape index (κ3) is 1.53. The fourth-order valence-corrected chi connectivity index (χ4v) is 1.53. The minimum atomic E-state index is -0.235. The van der Waals surface area contributed by atoms with E-state index in [-0.39, 0.29) is 11.9 Å². The number of hydrogen-bond donors (Lipinski definition) is 1. The third-order valence-electron chi connectivity index (χ3n) is 2.27. The summed E-state index contributed by atoms with van der Waals surface area (Å²) in [5.41, 5.74) is 1.60. The number of carbonyl (C=O) groups excluding carboxylic acids is 1. The first-order valence-corrected chi connectivity index (χ1v) is 4.54. The van der Waals surface area contributed by atoms with E-state index in [0.29, 0.717) is 0 Å². The molecule has 2 rings (SSSR count). The lowest BCUT2D eigenvalue weighted by molar-refractivity contribution is -0.125. The van der Waals surface area contributed by atoms with Gasteiger partial charge in [0.2, 0.25) is 5.91 Å². The number of carbonyl (C=O) groups is 1. The molecule has 14 heavy (non-hydrogen) atoms. The van der Waals surface area contributed by atoms with Gasteiger partial charge in [0.15, 0.2) is 0 Å². The molecular weight excluding hydrogens is 180 g/mol. The predicted molar refractivity (Wildman–Crippen MR) is 50.3 cm³/mol. The fraction of sp³-hybridized carbons (Fsp3) is 0.444. The van der Waals surface area contributed by atoms with Crippen molar-refractivity contribution < 1.29 is 4.79 Å². The maximum atomic E-state index is 11.6. The zero-order valence-electron chi connectivity index (χ0n) is 8.03. The lowest BCUT2D eigenvalue weighted by Gasteiger charge is -2.22. The highest BCUT2D eigenvalue weighted by molar-refractivity contribution is 5.82. The van der Waals surface area contributed by atoms with E-state index in [1.54, 1.807) is 10.9 Å². The summed E-state index contributed by atoms with van der Waals surface area (Å²) >= 11 is 0. The molecule has 0 aliphatic carbocycles. The normalized spacial score (nSPS) is 22.2. The van der Waals surface area contributed by atoms with Gasteiger partial charge in [0, 0.05) is 11.9 Å². The van der Waals surface area contributed by atoms with Gasteiger partial charge in [-0.05, 0) is 19.8 Å². The average molecular weight is 192 g/mol. The zero-order chi connectivity index (χ0) is 10.1. The summed E-state index contributed by atoms with van der Waals surface area (Å²) in [6.45, 7) is 5.57. The summed E-state index contributed by atoms with van der Waals surface area (Å²) in [6.07, 6.45) is 3.32. The molecule has 0 aromatic carbocycles. The highest BCUT2D eigenvalue weighted by Gasteiger charge is 2.26. The van der Waals surface area contributed by atoms with Crippen molar-refractivity contribution in [1.29, 1.82) is 0 Å². The van der Waals surface area contributed by atoms with Crippen molar-refractivity contribution in [1.82, 2.24) is 20.3 Å². The van der Waals surface area contributed by atoms with E-state index in [1.807, 2.05) is 6.92 Å². The second kappa shape index (κ2) is 3.25. The summed E-state index contributed by atoms with van der Waals surface area (Å²) < 4.78 is 1.61. The molecule has 1 aliphatic heterocycles. The van der Waals surface area contributed by atoms with Crippen LogP contribution in [0.5, 0.6) is 0 Å². The Balaban J connectivity index is 2.19. The van der Waals surface area contributed by atoms with Gasteiger partial charge in [-0.25, -0.2) is 4.68 Å². The van der Waals surface area contributed by atoms with Gasteiger partial charge in [0.25, 0.3) is 0 Å². The second-order valence-electron chi connectivity index (χ2n) is 3.49. The van der Waals surface area contributed by atoms with Gasteiger partial charge >= 0.3 is 0 Å². The van der Waals surface area contributed by atoms with E-state index in [4.69, 9.17) is 0 Å². The van der Waals surface area contributed by atoms with Crippen LogP contribution < -0.4 is 5.32 Å². The van der Waals surface area contributed by atoms with E-state index in [2.05, 4.69) is 22.2 Å². The molecule has 2 heterocycles. The molecular formula is C9H12N4O. The van der Waals surface area contributed by atoms with Crippen molar-refractivity contribution in [3.05, 3.63) is 24.2 Å². The predicted octanol–water partition coefficient (Wildman–Crippen LogP) is 0.551. The Kier molecular flexibility index (Phi) is 2.07. The highest BCUT2D eigenvalue weighted by Crippen LogP contribution is 2.20. The molecule has 0 saturated carbocycles. The van der Waals surface area contributed by atoms with Crippen LogP contribution in [0.3, 0.4) is 0 Å². The number of aromatic nitrogens is 3. The summed E-state index contributed by atoms with van der Waals surface area (Å²) in [5, 5.41) is 10.5. The molecule has 1 N–H and O–H groups in total. The number of rotatable bonds is 1. The number of piperidine rings is 1. The number of allylic oxidation sites excluding steroid dienone is 1. The Bertz CT molecular complexity index is 382. The number of hydrogen-bond acceptors (Lipinski definition) is 3. The first kappa shape index (κ1) is 8.93. The molecule has 1 aliphatic rings. The standard InChI is InChI=1S/C9H12N4O/c1-6-3-4-8(9(14)10-6)13-5-7(2)11-12-13/h5,8H,1,3-4H2,2H3,(H,10,14). The average Bonchev–Trinajstić information content (AvgIpc) is 2.51. The summed E-state index contributed by atoms with van der Waals surface area (Å²) in [6, 6.07) is -0.235. The van der Waals surface area contributed by atoms with Crippen LogP contribution in [-0.4, -0.2) is 20.9 Å². The van der Waals surface area contributed by atoms with Gasteiger partial charge in [-0.1, -0.05) is 11.8 Å². The summed E-state index contributed by atoms with van der Waals surface area (Å²) in [5.74, 6) is -0.0499. The molecule has 0 bridgehead atoms. The number of nitrogens with zero attached hydrogens (tertiary/aromatic N) is 3. The molecule has 1 aromatic rings. The Hall–Kier alpha value is -1.65. The van der Waals surface area contributed by atoms with Gasteiger partial charge in [-0.2, -0.15) is 0 Å². The highest BCUT2D eigenvalue weighted by atomic mass is 16.2. The second-order valence-corrected chi connectivity index (χ2v) is 3.49. The Morgan fingerprint density at radius 3 is 3.07 bits per heavy atom. The molecule has 1 fully saturated rings. The molecule has 74 valence electrons. The fourth-order valence-electron chi connectivity index (χ4n) is 1.53. The van der Waals surface area contributed by atoms with Gasteiger partial charge in [0.1, 0.15) is 6.04 Å². The Labute approximate surface area is 81.8 Å². The molecule has 1 saturated heterocycles. The monoisotopic (exact) mass is 192 g/mol. The molecule has 1 amide bonds.